The van der Waals surface area contributed by atoms with Crippen molar-refractivity contribution in [1.82, 2.24) is 4.90 Å². The molecule has 108 valence electrons. The molecular weight excluding hydrogens is 270 g/mol. The monoisotopic (exact) mass is 291 g/mol. The van der Waals surface area contributed by atoms with Gasteiger partial charge in [0, 0.05) is 29.7 Å². The lowest BCUT2D eigenvalue weighted by Gasteiger charge is -2.25. The summed E-state index contributed by atoms with van der Waals surface area (Å²) in [6.45, 7) is 4.63. The molecule has 2 atom stereocenters. The molecule has 20 heavy (non-hydrogen) atoms. The van der Waals surface area contributed by atoms with Crippen molar-refractivity contribution in [2.24, 2.45) is 5.41 Å². The Morgan fingerprint density at radius 3 is 3.00 bits per heavy atom. The lowest BCUT2D eigenvalue weighted by Crippen LogP contribution is -2.35. The molecule has 2 aliphatic rings. The number of carbonyl (C=O) groups is 1. The van der Waals surface area contributed by atoms with Crippen LogP contribution in [0.2, 0.25) is 0 Å². The number of fused-ring (bicyclic) bond motifs is 1. The Labute approximate surface area is 124 Å². The van der Waals surface area contributed by atoms with Crippen molar-refractivity contribution in [3.63, 3.8) is 0 Å². The van der Waals surface area contributed by atoms with Gasteiger partial charge in [0.1, 0.15) is 0 Å². The summed E-state index contributed by atoms with van der Waals surface area (Å²) >= 11 is 1.93. The Kier molecular flexibility index (Phi) is 3.78. The van der Waals surface area contributed by atoms with Gasteiger partial charge in [-0.1, -0.05) is 25.1 Å². The van der Waals surface area contributed by atoms with Crippen molar-refractivity contribution in [3.8, 4) is 0 Å². The highest BCUT2D eigenvalue weighted by atomic mass is 32.2. The first-order valence-electron chi connectivity index (χ1n) is 7.32. The number of nitrogens with zero attached hydrogens (tertiary/aromatic N) is 1. The molecule has 2 heterocycles. The molecule has 0 radical (unpaired) electrons. The summed E-state index contributed by atoms with van der Waals surface area (Å²) in [5, 5.41) is 9.47. The average Bonchev–Trinajstić information content (AvgIpc) is 3.05. The third kappa shape index (κ3) is 2.35. The van der Waals surface area contributed by atoms with Gasteiger partial charge in [0.25, 0.3) is 0 Å². The first-order chi connectivity index (χ1) is 9.64. The first kappa shape index (κ1) is 14.0. The quantitative estimate of drug-likeness (QED) is 0.925. The Hall–Kier alpha value is -1.00. The lowest BCUT2D eigenvalue weighted by molar-refractivity contribution is -0.148. The highest BCUT2D eigenvalue weighted by molar-refractivity contribution is 7.99. The molecule has 0 aliphatic carbocycles. The van der Waals surface area contributed by atoms with Gasteiger partial charge < -0.3 is 10.0 Å². The van der Waals surface area contributed by atoms with Crippen molar-refractivity contribution in [2.75, 3.05) is 25.4 Å². The Morgan fingerprint density at radius 1 is 1.50 bits per heavy atom. The van der Waals surface area contributed by atoms with Crippen LogP contribution in [0.1, 0.15) is 31.2 Å². The lowest BCUT2D eigenvalue weighted by atomic mass is 9.84. The van der Waals surface area contributed by atoms with Crippen LogP contribution in [-0.2, 0) is 4.79 Å². The van der Waals surface area contributed by atoms with Crippen molar-refractivity contribution < 1.29 is 9.90 Å². The molecule has 1 saturated heterocycles. The van der Waals surface area contributed by atoms with Gasteiger partial charge in [-0.05, 0) is 31.0 Å². The van der Waals surface area contributed by atoms with Crippen LogP contribution >= 0.6 is 11.8 Å². The fourth-order valence-electron chi connectivity index (χ4n) is 3.42. The van der Waals surface area contributed by atoms with Crippen LogP contribution in [0.3, 0.4) is 0 Å². The Bertz CT molecular complexity index is 519. The summed E-state index contributed by atoms with van der Waals surface area (Å²) in [7, 11) is 0. The van der Waals surface area contributed by atoms with Crippen LogP contribution in [0, 0.1) is 5.41 Å². The third-order valence-corrected chi connectivity index (χ3v) is 6.09. The molecule has 1 fully saturated rings. The van der Waals surface area contributed by atoms with E-state index >= 15 is 0 Å². The van der Waals surface area contributed by atoms with E-state index in [-0.39, 0.29) is 0 Å². The standard InChI is InChI=1S/C16H21NO2S/c1-2-16(15(18)19)7-8-17(11-16)9-12-10-20-14-6-4-3-5-13(12)14/h3-6,12H,2,7-11H2,1H3,(H,18,19). The maximum atomic E-state index is 11.5. The second-order valence-corrected chi connectivity index (χ2v) is 7.03. The highest BCUT2D eigenvalue weighted by Crippen LogP contribution is 2.41. The van der Waals surface area contributed by atoms with Gasteiger partial charge in [0.15, 0.2) is 0 Å². The molecule has 3 rings (SSSR count). The van der Waals surface area contributed by atoms with Crippen LogP contribution in [0.25, 0.3) is 0 Å². The SMILES string of the molecule is CCC1(C(=O)O)CCN(CC2CSc3ccccc32)C1. The smallest absolute Gasteiger partial charge is 0.310 e. The van der Waals surface area contributed by atoms with Gasteiger partial charge in [-0.3, -0.25) is 4.79 Å². The third-order valence-electron chi connectivity index (χ3n) is 4.84. The Balaban J connectivity index is 1.68. The van der Waals surface area contributed by atoms with Gasteiger partial charge in [-0.25, -0.2) is 0 Å². The van der Waals surface area contributed by atoms with Gasteiger partial charge in [0.05, 0.1) is 5.41 Å². The molecule has 2 unspecified atom stereocenters. The summed E-state index contributed by atoms with van der Waals surface area (Å²) in [6, 6.07) is 8.61. The number of benzene rings is 1. The van der Waals surface area contributed by atoms with E-state index in [2.05, 4.69) is 29.2 Å². The van der Waals surface area contributed by atoms with Crippen molar-refractivity contribution in [1.29, 1.82) is 0 Å². The van der Waals surface area contributed by atoms with Crippen LogP contribution < -0.4 is 0 Å². The zero-order valence-corrected chi connectivity index (χ0v) is 12.7. The highest BCUT2D eigenvalue weighted by Gasteiger charge is 2.43. The summed E-state index contributed by atoms with van der Waals surface area (Å²) in [4.78, 5) is 15.3. The average molecular weight is 291 g/mol. The van der Waals surface area contributed by atoms with Crippen LogP contribution in [0.4, 0.5) is 0 Å². The molecular formula is C16H21NO2S. The van der Waals surface area contributed by atoms with E-state index in [0.717, 1.165) is 31.7 Å². The predicted molar refractivity (Wildman–Crippen MR) is 81.3 cm³/mol. The van der Waals surface area contributed by atoms with E-state index in [1.165, 1.54) is 10.5 Å². The molecule has 2 aliphatic heterocycles. The fraction of sp³-hybridized carbons (Fsp3) is 0.562. The van der Waals surface area contributed by atoms with E-state index in [1.807, 2.05) is 18.7 Å². The molecule has 1 N–H and O–H groups in total. The van der Waals surface area contributed by atoms with Crippen molar-refractivity contribution >= 4 is 17.7 Å². The maximum Gasteiger partial charge on any atom is 0.310 e. The molecule has 0 spiro atoms. The van der Waals surface area contributed by atoms with Gasteiger partial charge in [-0.2, -0.15) is 0 Å². The summed E-state index contributed by atoms with van der Waals surface area (Å²) in [6.07, 6.45) is 1.52. The number of carboxylic acid groups (broad SMARTS) is 1. The zero-order chi connectivity index (χ0) is 14.2. The zero-order valence-electron chi connectivity index (χ0n) is 11.8. The fourth-order valence-corrected chi connectivity index (χ4v) is 4.66. The molecule has 4 heteroatoms. The largest absolute Gasteiger partial charge is 0.481 e. The molecule has 0 saturated carbocycles. The number of thioether (sulfide) groups is 1. The van der Waals surface area contributed by atoms with E-state index in [9.17, 15) is 9.90 Å². The number of rotatable bonds is 4. The second-order valence-electron chi connectivity index (χ2n) is 5.97. The topological polar surface area (TPSA) is 40.5 Å². The van der Waals surface area contributed by atoms with E-state index in [0.29, 0.717) is 12.5 Å². The molecule has 0 amide bonds. The molecule has 3 nitrogen and oxygen atoms in total. The number of hydrogen-bond acceptors (Lipinski definition) is 3. The summed E-state index contributed by atoms with van der Waals surface area (Å²) in [5.74, 6) is 1.06. The molecule has 1 aromatic carbocycles. The molecule has 0 aromatic heterocycles. The molecule has 1 aromatic rings. The predicted octanol–water partition coefficient (Wildman–Crippen LogP) is 3.06. The van der Waals surface area contributed by atoms with Gasteiger partial charge in [0.2, 0.25) is 0 Å². The van der Waals surface area contributed by atoms with Crippen LogP contribution in [0.5, 0.6) is 0 Å². The summed E-state index contributed by atoms with van der Waals surface area (Å²) in [5.41, 5.74) is 0.937. The van der Waals surface area contributed by atoms with Gasteiger partial charge in [-0.15, -0.1) is 11.8 Å². The van der Waals surface area contributed by atoms with E-state index in [4.69, 9.17) is 0 Å². The van der Waals surface area contributed by atoms with E-state index in [1.54, 1.807) is 0 Å². The normalized spacial score (nSPS) is 29.6. The minimum absolute atomic E-state index is 0.509. The van der Waals surface area contributed by atoms with Crippen LogP contribution in [-0.4, -0.2) is 41.4 Å². The number of carboxylic acids is 1. The number of hydrogen-bond donors (Lipinski definition) is 1. The number of likely N-dealkylation sites (tertiary alicyclic amines) is 1. The van der Waals surface area contributed by atoms with Crippen molar-refractivity contribution in [2.45, 2.75) is 30.6 Å². The van der Waals surface area contributed by atoms with Gasteiger partial charge >= 0.3 is 5.97 Å². The maximum absolute atomic E-state index is 11.5. The summed E-state index contributed by atoms with van der Waals surface area (Å²) < 4.78 is 0. The second kappa shape index (κ2) is 5.41. The number of aliphatic carboxylic acids is 1. The minimum atomic E-state index is -0.622. The van der Waals surface area contributed by atoms with Crippen molar-refractivity contribution in [3.05, 3.63) is 29.8 Å². The van der Waals surface area contributed by atoms with E-state index < -0.39 is 11.4 Å². The Morgan fingerprint density at radius 2 is 2.30 bits per heavy atom. The van der Waals surface area contributed by atoms with Crippen LogP contribution in [0.15, 0.2) is 29.2 Å². The molecule has 0 bridgehead atoms. The minimum Gasteiger partial charge on any atom is -0.481 e. The first-order valence-corrected chi connectivity index (χ1v) is 8.31.